The van der Waals surface area contributed by atoms with Crippen LogP contribution >= 0.6 is 0 Å². The molecule has 134 valence electrons. The molecule has 0 nitrogen and oxygen atoms in total. The molecule has 0 saturated heterocycles. The van der Waals surface area contributed by atoms with Crippen LogP contribution in [0.1, 0.15) is 92.9 Å². The Morgan fingerprint density at radius 3 is 1.83 bits per heavy atom. The molecule has 0 aliphatic rings. The Labute approximate surface area is 147 Å². The summed E-state index contributed by atoms with van der Waals surface area (Å²) in [5.41, 5.74) is 4.25. The summed E-state index contributed by atoms with van der Waals surface area (Å²) in [5, 5.41) is 0. The molecule has 0 spiro atoms. The van der Waals surface area contributed by atoms with Gasteiger partial charge in [-0.15, -0.1) is 0 Å². The third-order valence-electron chi connectivity index (χ3n) is 4.74. The quantitative estimate of drug-likeness (QED) is 0.301. The molecule has 0 fully saturated rings. The number of rotatable bonds is 13. The first kappa shape index (κ1) is 22.2. The lowest BCUT2D eigenvalue weighted by molar-refractivity contribution is 0.457. The molecule has 0 aliphatic heterocycles. The molecule has 0 saturated carbocycles. The van der Waals surface area contributed by atoms with Crippen LogP contribution in [0, 0.1) is 17.8 Å². The zero-order valence-corrected chi connectivity index (χ0v) is 16.9. The van der Waals surface area contributed by atoms with Crippen LogP contribution in [0.5, 0.6) is 0 Å². The van der Waals surface area contributed by atoms with Crippen LogP contribution < -0.4 is 0 Å². The first-order valence-corrected chi connectivity index (χ1v) is 9.85. The van der Waals surface area contributed by atoms with Crippen molar-refractivity contribution in [2.45, 2.75) is 92.9 Å². The molecule has 0 amide bonds. The standard InChI is InChI=1S/C23H42/c1-9-12-19(6)16-20(7)17-23(15-18(4)5)21(8)22(13-10-2)14-11-3/h15,19,22-23H,7-14,16-17H2,1-6H3. The highest BCUT2D eigenvalue weighted by atomic mass is 14.2. The molecule has 0 aliphatic carbocycles. The van der Waals surface area contributed by atoms with Crippen LogP contribution in [0.25, 0.3) is 0 Å². The Morgan fingerprint density at radius 2 is 1.39 bits per heavy atom. The Kier molecular flexibility index (Phi) is 12.2. The maximum atomic E-state index is 4.53. The molecule has 0 radical (unpaired) electrons. The summed E-state index contributed by atoms with van der Waals surface area (Å²) < 4.78 is 0. The maximum absolute atomic E-state index is 4.53. The van der Waals surface area contributed by atoms with Gasteiger partial charge in [-0.3, -0.25) is 0 Å². The average Bonchev–Trinajstić information content (AvgIpc) is 2.45. The van der Waals surface area contributed by atoms with Gasteiger partial charge in [-0.05, 0) is 51.4 Å². The highest BCUT2D eigenvalue weighted by molar-refractivity contribution is 5.19. The Morgan fingerprint density at radius 1 is 0.870 bits per heavy atom. The highest BCUT2D eigenvalue weighted by Crippen LogP contribution is 2.33. The van der Waals surface area contributed by atoms with Crippen molar-refractivity contribution in [1.29, 1.82) is 0 Å². The minimum absolute atomic E-state index is 0.476. The van der Waals surface area contributed by atoms with Crippen molar-refractivity contribution < 1.29 is 0 Å². The Balaban J connectivity index is 4.95. The number of allylic oxidation sites excluding steroid dienone is 4. The normalized spacial score (nSPS) is 13.7. The molecular weight excluding hydrogens is 276 g/mol. The SMILES string of the molecule is C=C(CC(C)CCC)CC(C=C(C)C)C(=C)C(CCC)CCC. The smallest absolute Gasteiger partial charge is 0.00164 e. The van der Waals surface area contributed by atoms with Crippen molar-refractivity contribution in [3.8, 4) is 0 Å². The van der Waals surface area contributed by atoms with Gasteiger partial charge >= 0.3 is 0 Å². The molecular formula is C23H42. The van der Waals surface area contributed by atoms with Crippen molar-refractivity contribution in [2.75, 3.05) is 0 Å². The summed E-state index contributed by atoms with van der Waals surface area (Å²) in [6.07, 6.45) is 12.3. The fourth-order valence-electron chi connectivity index (χ4n) is 3.70. The monoisotopic (exact) mass is 318 g/mol. The molecule has 0 heterocycles. The molecule has 0 N–H and O–H groups in total. The third-order valence-corrected chi connectivity index (χ3v) is 4.74. The van der Waals surface area contributed by atoms with Gasteiger partial charge < -0.3 is 0 Å². The second-order valence-corrected chi connectivity index (χ2v) is 7.75. The zero-order chi connectivity index (χ0) is 17.8. The van der Waals surface area contributed by atoms with E-state index in [9.17, 15) is 0 Å². The fourth-order valence-corrected chi connectivity index (χ4v) is 3.70. The van der Waals surface area contributed by atoms with Crippen LogP contribution in [0.15, 0.2) is 36.0 Å². The molecule has 0 aromatic heterocycles. The van der Waals surface area contributed by atoms with Crippen LogP contribution in [0.4, 0.5) is 0 Å². The molecule has 0 heteroatoms. The van der Waals surface area contributed by atoms with Gasteiger partial charge in [0.15, 0.2) is 0 Å². The lowest BCUT2D eigenvalue weighted by Crippen LogP contribution is -2.13. The minimum Gasteiger partial charge on any atom is -0.0998 e. The van der Waals surface area contributed by atoms with E-state index in [1.807, 2.05) is 0 Å². The van der Waals surface area contributed by atoms with E-state index in [2.05, 4.69) is 60.8 Å². The van der Waals surface area contributed by atoms with E-state index in [1.165, 1.54) is 61.7 Å². The van der Waals surface area contributed by atoms with Crippen molar-refractivity contribution >= 4 is 0 Å². The van der Waals surface area contributed by atoms with Gasteiger partial charge in [0.1, 0.15) is 0 Å². The van der Waals surface area contributed by atoms with Gasteiger partial charge in [0.25, 0.3) is 0 Å². The molecule has 2 unspecified atom stereocenters. The summed E-state index contributed by atoms with van der Waals surface area (Å²) in [5.74, 6) is 1.91. The lowest BCUT2D eigenvalue weighted by atomic mass is 9.79. The highest BCUT2D eigenvalue weighted by Gasteiger charge is 2.20. The second-order valence-electron chi connectivity index (χ2n) is 7.75. The average molecular weight is 319 g/mol. The minimum atomic E-state index is 0.476. The lowest BCUT2D eigenvalue weighted by Gasteiger charge is -2.26. The summed E-state index contributed by atoms with van der Waals surface area (Å²) in [6.45, 7) is 22.5. The maximum Gasteiger partial charge on any atom is 0.00164 e. The van der Waals surface area contributed by atoms with E-state index < -0.39 is 0 Å². The van der Waals surface area contributed by atoms with Crippen LogP contribution in [-0.2, 0) is 0 Å². The predicted octanol–water partition coefficient (Wildman–Crippen LogP) is 8.11. The van der Waals surface area contributed by atoms with E-state index in [1.54, 1.807) is 0 Å². The first-order chi connectivity index (χ1) is 10.8. The number of hydrogen-bond donors (Lipinski definition) is 0. The van der Waals surface area contributed by atoms with Crippen LogP contribution in [-0.4, -0.2) is 0 Å². The van der Waals surface area contributed by atoms with E-state index in [-0.39, 0.29) is 0 Å². The van der Waals surface area contributed by atoms with Gasteiger partial charge in [-0.2, -0.15) is 0 Å². The Hall–Kier alpha value is -0.780. The van der Waals surface area contributed by atoms with E-state index in [0.717, 1.165) is 12.3 Å². The van der Waals surface area contributed by atoms with Gasteiger partial charge in [0.2, 0.25) is 0 Å². The largest absolute Gasteiger partial charge is 0.0998 e. The predicted molar refractivity (Wildman–Crippen MR) is 108 cm³/mol. The molecule has 0 aromatic rings. The summed E-state index contributed by atoms with van der Waals surface area (Å²) in [6, 6.07) is 0. The van der Waals surface area contributed by atoms with E-state index in [4.69, 9.17) is 0 Å². The fraction of sp³-hybridized carbons (Fsp3) is 0.739. The van der Waals surface area contributed by atoms with Crippen molar-refractivity contribution in [3.05, 3.63) is 36.0 Å². The molecule has 0 aromatic carbocycles. The van der Waals surface area contributed by atoms with Crippen molar-refractivity contribution in [2.24, 2.45) is 17.8 Å². The van der Waals surface area contributed by atoms with Gasteiger partial charge in [-0.25, -0.2) is 0 Å². The van der Waals surface area contributed by atoms with E-state index in [0.29, 0.717) is 11.8 Å². The van der Waals surface area contributed by atoms with Gasteiger partial charge in [0, 0.05) is 5.92 Å². The Bertz CT molecular complexity index is 361. The van der Waals surface area contributed by atoms with Gasteiger partial charge in [-0.1, -0.05) is 89.3 Å². The summed E-state index contributed by atoms with van der Waals surface area (Å²) >= 11 is 0. The van der Waals surface area contributed by atoms with Crippen molar-refractivity contribution in [1.82, 2.24) is 0 Å². The summed E-state index contributed by atoms with van der Waals surface area (Å²) in [4.78, 5) is 0. The zero-order valence-electron chi connectivity index (χ0n) is 16.9. The molecule has 23 heavy (non-hydrogen) atoms. The number of hydrogen-bond acceptors (Lipinski definition) is 0. The third kappa shape index (κ3) is 9.84. The van der Waals surface area contributed by atoms with Crippen molar-refractivity contribution in [3.63, 3.8) is 0 Å². The second kappa shape index (κ2) is 12.6. The summed E-state index contributed by atoms with van der Waals surface area (Å²) in [7, 11) is 0. The topological polar surface area (TPSA) is 0 Å². The molecule has 0 bridgehead atoms. The van der Waals surface area contributed by atoms with Crippen LogP contribution in [0.3, 0.4) is 0 Å². The van der Waals surface area contributed by atoms with Crippen LogP contribution in [0.2, 0.25) is 0 Å². The molecule has 2 atom stereocenters. The van der Waals surface area contributed by atoms with Gasteiger partial charge in [0.05, 0.1) is 0 Å². The first-order valence-electron chi connectivity index (χ1n) is 9.85. The van der Waals surface area contributed by atoms with E-state index >= 15 is 0 Å². The molecule has 0 rings (SSSR count).